The molecule has 3 rings (SSSR count). The lowest BCUT2D eigenvalue weighted by molar-refractivity contribution is -0.121. The molecular formula is C17H18N4O4S2. The molecule has 2 amide bonds. The molecule has 1 fully saturated rings. The number of aromatic carboxylic acids is 1. The molecule has 1 saturated carbocycles. The average molecular weight is 406 g/mol. The number of Topliss-reactive ketones (excluding diaryl/α,β-unsaturated/α-hetero) is 1. The van der Waals surface area contributed by atoms with E-state index in [1.807, 2.05) is 0 Å². The van der Waals surface area contributed by atoms with Crippen LogP contribution in [0.5, 0.6) is 0 Å². The van der Waals surface area contributed by atoms with Crippen LogP contribution in [-0.4, -0.2) is 39.4 Å². The Morgan fingerprint density at radius 3 is 2.78 bits per heavy atom. The molecule has 10 heteroatoms. The number of nitrogens with one attached hydrogen (secondary N) is 2. The summed E-state index contributed by atoms with van der Waals surface area (Å²) < 4.78 is 0.688. The first-order valence-electron chi connectivity index (χ1n) is 8.42. The fourth-order valence-corrected chi connectivity index (χ4v) is 4.66. The van der Waals surface area contributed by atoms with Crippen LogP contribution in [0.1, 0.15) is 36.0 Å². The van der Waals surface area contributed by atoms with Crippen molar-refractivity contribution in [2.45, 2.75) is 34.9 Å². The predicted octanol–water partition coefficient (Wildman–Crippen LogP) is 3.27. The van der Waals surface area contributed by atoms with Crippen LogP contribution in [0.2, 0.25) is 0 Å². The largest absolute Gasteiger partial charge is 0.478 e. The lowest BCUT2D eigenvalue weighted by Crippen LogP contribution is -2.35. The minimum atomic E-state index is -1.06. The zero-order valence-electron chi connectivity index (χ0n) is 14.3. The second-order valence-corrected chi connectivity index (χ2v) is 8.32. The molecule has 142 valence electrons. The van der Waals surface area contributed by atoms with Crippen molar-refractivity contribution in [2.24, 2.45) is 5.92 Å². The van der Waals surface area contributed by atoms with Gasteiger partial charge in [0.1, 0.15) is 5.03 Å². The molecule has 0 atom stereocenters. The Kier molecular flexibility index (Phi) is 6.40. The summed E-state index contributed by atoms with van der Waals surface area (Å²) in [7, 11) is 0. The van der Waals surface area contributed by atoms with Gasteiger partial charge in [0.25, 0.3) is 0 Å². The van der Waals surface area contributed by atoms with E-state index in [4.69, 9.17) is 0 Å². The number of carboxylic acids is 1. The number of aromatic nitrogens is 2. The lowest BCUT2D eigenvalue weighted by atomic mass is 10.0. The summed E-state index contributed by atoms with van der Waals surface area (Å²) in [4.78, 5) is 43.3. The number of thiazole rings is 1. The fourth-order valence-electron chi connectivity index (χ4n) is 2.80. The van der Waals surface area contributed by atoms with Gasteiger partial charge in [-0.05, 0) is 25.0 Å². The van der Waals surface area contributed by atoms with E-state index in [1.54, 1.807) is 6.07 Å². The molecule has 0 aliphatic heterocycles. The number of anilines is 1. The van der Waals surface area contributed by atoms with Gasteiger partial charge >= 0.3 is 12.0 Å². The van der Waals surface area contributed by atoms with Crippen molar-refractivity contribution < 1.29 is 19.5 Å². The summed E-state index contributed by atoms with van der Waals surface area (Å²) >= 11 is 2.36. The number of rotatable bonds is 7. The Balaban J connectivity index is 1.52. The lowest BCUT2D eigenvalue weighted by Gasteiger charge is -2.09. The quantitative estimate of drug-likeness (QED) is 0.645. The third-order valence-corrected chi connectivity index (χ3v) is 6.17. The van der Waals surface area contributed by atoms with Crippen LogP contribution in [-0.2, 0) is 4.79 Å². The molecule has 0 spiro atoms. The summed E-state index contributed by atoms with van der Waals surface area (Å²) in [6, 6.07) is 2.55. The summed E-state index contributed by atoms with van der Waals surface area (Å²) in [6.07, 6.45) is 7.00. The van der Waals surface area contributed by atoms with Gasteiger partial charge in [0, 0.05) is 12.1 Å². The van der Waals surface area contributed by atoms with Gasteiger partial charge in [-0.3, -0.25) is 10.1 Å². The fraction of sp³-hybridized carbons (Fsp3) is 0.353. The molecular weight excluding hydrogens is 388 g/mol. The molecule has 8 nitrogen and oxygen atoms in total. The normalized spacial score (nSPS) is 14.1. The maximum Gasteiger partial charge on any atom is 0.338 e. The van der Waals surface area contributed by atoms with Crippen molar-refractivity contribution in [3.63, 3.8) is 0 Å². The third kappa shape index (κ3) is 5.27. The Bertz CT molecular complexity index is 849. The topological polar surface area (TPSA) is 121 Å². The first-order valence-corrected chi connectivity index (χ1v) is 10.1. The van der Waals surface area contributed by atoms with Crippen LogP contribution in [0.4, 0.5) is 9.93 Å². The van der Waals surface area contributed by atoms with Crippen LogP contribution in [0.25, 0.3) is 0 Å². The number of nitrogens with zero attached hydrogens (tertiary/aromatic N) is 2. The van der Waals surface area contributed by atoms with Crippen LogP contribution in [0, 0.1) is 5.92 Å². The van der Waals surface area contributed by atoms with E-state index >= 15 is 0 Å². The highest BCUT2D eigenvalue weighted by molar-refractivity contribution is 8.01. The number of carbonyl (C=O) groups excluding carboxylic acids is 2. The summed E-state index contributed by atoms with van der Waals surface area (Å²) in [5, 5.41) is 15.1. The molecule has 0 unspecified atom stereocenters. The molecule has 2 aromatic rings. The van der Waals surface area contributed by atoms with Crippen LogP contribution < -0.4 is 10.6 Å². The molecule has 1 aliphatic rings. The number of urea groups is 1. The minimum Gasteiger partial charge on any atom is -0.478 e. The Morgan fingerprint density at radius 1 is 1.26 bits per heavy atom. The average Bonchev–Trinajstić information content (AvgIpc) is 3.32. The molecule has 1 aliphatic carbocycles. The van der Waals surface area contributed by atoms with E-state index in [1.165, 1.54) is 29.8 Å². The first kappa shape index (κ1) is 19.3. The van der Waals surface area contributed by atoms with E-state index < -0.39 is 12.0 Å². The van der Waals surface area contributed by atoms with Crippen molar-refractivity contribution in [3.05, 3.63) is 30.1 Å². The van der Waals surface area contributed by atoms with Gasteiger partial charge in [0.2, 0.25) is 0 Å². The number of amides is 2. The monoisotopic (exact) mass is 406 g/mol. The van der Waals surface area contributed by atoms with E-state index in [9.17, 15) is 19.5 Å². The number of hydrogen-bond acceptors (Lipinski definition) is 7. The number of pyridine rings is 1. The van der Waals surface area contributed by atoms with E-state index in [-0.39, 0.29) is 23.8 Å². The van der Waals surface area contributed by atoms with E-state index in [0.717, 1.165) is 37.4 Å². The maximum atomic E-state index is 12.0. The Morgan fingerprint density at radius 2 is 2.04 bits per heavy atom. The molecule has 3 N–H and O–H groups in total. The number of hydrogen-bond donors (Lipinski definition) is 3. The first-order chi connectivity index (χ1) is 13.0. The van der Waals surface area contributed by atoms with Crippen molar-refractivity contribution in [3.8, 4) is 0 Å². The van der Waals surface area contributed by atoms with E-state index in [2.05, 4.69) is 20.6 Å². The zero-order chi connectivity index (χ0) is 19.2. The van der Waals surface area contributed by atoms with Gasteiger partial charge in [0.05, 0.1) is 22.5 Å². The highest BCUT2D eigenvalue weighted by atomic mass is 32.2. The van der Waals surface area contributed by atoms with Crippen LogP contribution >= 0.6 is 23.1 Å². The standard InChI is InChI=1S/C17H18N4O4S2/c22-12(10-4-1-2-5-10)8-19-16(25)21-17-20-9-13(27-17)26-14-11(15(23)24)6-3-7-18-14/h3,6-7,9-10H,1-2,4-5,8H2,(H,23,24)(H2,19,20,21,25). The highest BCUT2D eigenvalue weighted by Gasteiger charge is 2.22. The maximum absolute atomic E-state index is 12.0. The molecule has 0 bridgehead atoms. The summed E-state index contributed by atoms with van der Waals surface area (Å²) in [5.41, 5.74) is 0.105. The number of ketones is 1. The third-order valence-electron chi connectivity index (χ3n) is 4.14. The Hall–Kier alpha value is -2.46. The highest BCUT2D eigenvalue weighted by Crippen LogP contribution is 2.34. The van der Waals surface area contributed by atoms with Crippen LogP contribution in [0.3, 0.4) is 0 Å². The molecule has 0 saturated heterocycles. The minimum absolute atomic E-state index is 0.0133. The van der Waals surface area contributed by atoms with Crippen molar-refractivity contribution >= 4 is 46.0 Å². The molecule has 2 heterocycles. The second-order valence-electron chi connectivity index (χ2n) is 6.00. The van der Waals surface area contributed by atoms with Gasteiger partial charge in [-0.15, -0.1) is 0 Å². The SMILES string of the molecule is O=C(NCC(=O)C1CCCC1)Nc1ncc(Sc2ncccc2C(=O)O)s1. The zero-order valence-corrected chi connectivity index (χ0v) is 15.9. The van der Waals surface area contributed by atoms with Gasteiger partial charge in [-0.1, -0.05) is 35.9 Å². The molecule has 27 heavy (non-hydrogen) atoms. The summed E-state index contributed by atoms with van der Waals surface area (Å²) in [5.74, 6) is -0.927. The van der Waals surface area contributed by atoms with Gasteiger partial charge in [-0.25, -0.2) is 19.6 Å². The molecule has 0 aromatic carbocycles. The molecule has 2 aromatic heterocycles. The molecule has 0 radical (unpaired) electrons. The van der Waals surface area contributed by atoms with E-state index in [0.29, 0.717) is 14.4 Å². The van der Waals surface area contributed by atoms with Crippen molar-refractivity contribution in [1.29, 1.82) is 0 Å². The summed E-state index contributed by atoms with van der Waals surface area (Å²) in [6.45, 7) is 0.0133. The smallest absolute Gasteiger partial charge is 0.338 e. The van der Waals surface area contributed by atoms with Gasteiger partial charge < -0.3 is 10.4 Å². The second kappa shape index (κ2) is 8.96. The van der Waals surface area contributed by atoms with Gasteiger partial charge in [-0.2, -0.15) is 0 Å². The van der Waals surface area contributed by atoms with Crippen molar-refractivity contribution in [2.75, 3.05) is 11.9 Å². The number of carbonyl (C=O) groups is 3. The number of carboxylic acid groups (broad SMARTS) is 1. The predicted molar refractivity (Wildman–Crippen MR) is 101 cm³/mol. The van der Waals surface area contributed by atoms with Crippen LogP contribution in [0.15, 0.2) is 33.8 Å². The van der Waals surface area contributed by atoms with Crippen molar-refractivity contribution in [1.82, 2.24) is 15.3 Å². The van der Waals surface area contributed by atoms with Gasteiger partial charge in [0.15, 0.2) is 10.9 Å². The Labute approximate surface area is 163 Å².